The molecule has 2 aromatic rings. The summed E-state index contributed by atoms with van der Waals surface area (Å²) in [6.07, 6.45) is 6.40. The first-order valence-electron chi connectivity index (χ1n) is 7.26. The van der Waals surface area contributed by atoms with Crippen LogP contribution in [-0.4, -0.2) is 33.7 Å². The van der Waals surface area contributed by atoms with E-state index in [0.29, 0.717) is 13.0 Å². The Bertz CT molecular complexity index is 586. The zero-order chi connectivity index (χ0) is 15.8. The molecule has 0 radical (unpaired) electrons. The van der Waals surface area contributed by atoms with Crippen molar-refractivity contribution < 1.29 is 4.79 Å². The topological polar surface area (TPSA) is 72.9 Å². The number of hydrogen-bond donors (Lipinski definition) is 2. The molecule has 1 atom stereocenters. The smallest absolute Gasteiger partial charge is 0.237 e. The lowest BCUT2D eigenvalue weighted by Crippen LogP contribution is -2.40. The summed E-state index contributed by atoms with van der Waals surface area (Å²) in [6.45, 7) is 1.22. The Kier molecular flexibility index (Phi) is 6.48. The number of hydrogen-bond acceptors (Lipinski definition) is 4. The monoisotopic (exact) mass is 318 g/mol. The maximum Gasteiger partial charge on any atom is 0.237 e. The number of amides is 1. The highest BCUT2D eigenvalue weighted by atomic mass is 32.2. The van der Waals surface area contributed by atoms with Gasteiger partial charge in [-0.05, 0) is 35.6 Å². The van der Waals surface area contributed by atoms with E-state index in [1.165, 1.54) is 0 Å². The molecule has 3 N–H and O–H groups in total. The van der Waals surface area contributed by atoms with Crippen molar-refractivity contribution in [2.45, 2.75) is 25.6 Å². The number of nitrogens with one attached hydrogen (secondary N) is 1. The number of nitrogens with two attached hydrogens (primary N) is 1. The van der Waals surface area contributed by atoms with Crippen LogP contribution < -0.4 is 11.1 Å². The van der Waals surface area contributed by atoms with Gasteiger partial charge in [0.2, 0.25) is 5.91 Å². The van der Waals surface area contributed by atoms with E-state index >= 15 is 0 Å². The van der Waals surface area contributed by atoms with Crippen molar-refractivity contribution in [3.63, 3.8) is 0 Å². The lowest BCUT2D eigenvalue weighted by atomic mass is 10.1. The van der Waals surface area contributed by atoms with E-state index in [0.717, 1.165) is 23.4 Å². The molecule has 5 nitrogen and oxygen atoms in total. The minimum atomic E-state index is -0.431. The normalized spacial score (nSPS) is 12.1. The molecule has 118 valence electrons. The van der Waals surface area contributed by atoms with Crippen molar-refractivity contribution in [1.29, 1.82) is 0 Å². The molecule has 22 heavy (non-hydrogen) atoms. The van der Waals surface area contributed by atoms with E-state index < -0.39 is 6.04 Å². The van der Waals surface area contributed by atoms with Gasteiger partial charge in [-0.25, -0.2) is 0 Å². The number of aromatic nitrogens is 2. The molecule has 2 rings (SSSR count). The van der Waals surface area contributed by atoms with Crippen LogP contribution in [0.15, 0.2) is 42.7 Å². The molecule has 1 heterocycles. The van der Waals surface area contributed by atoms with Crippen LogP contribution in [0.1, 0.15) is 17.5 Å². The van der Waals surface area contributed by atoms with Crippen molar-refractivity contribution in [1.82, 2.24) is 15.1 Å². The number of rotatable bonds is 8. The quantitative estimate of drug-likeness (QED) is 0.776. The summed E-state index contributed by atoms with van der Waals surface area (Å²) in [6, 6.07) is 9.60. The SMILES string of the molecule is CSCCC(N)C(=O)NCc1cccc(Cn2cccn2)c1. The Balaban J connectivity index is 1.86. The van der Waals surface area contributed by atoms with Crippen LogP contribution in [0.4, 0.5) is 0 Å². The molecule has 0 fully saturated rings. The van der Waals surface area contributed by atoms with Gasteiger partial charge in [0.25, 0.3) is 0 Å². The lowest BCUT2D eigenvalue weighted by Gasteiger charge is -2.12. The average molecular weight is 318 g/mol. The van der Waals surface area contributed by atoms with Crippen LogP contribution in [0.3, 0.4) is 0 Å². The molecule has 1 aromatic carbocycles. The van der Waals surface area contributed by atoms with Crippen molar-refractivity contribution in [2.24, 2.45) is 5.73 Å². The summed E-state index contributed by atoms with van der Waals surface area (Å²) >= 11 is 1.70. The molecule has 0 aliphatic rings. The maximum absolute atomic E-state index is 11.9. The lowest BCUT2D eigenvalue weighted by molar-refractivity contribution is -0.122. The first-order chi connectivity index (χ1) is 10.7. The maximum atomic E-state index is 11.9. The third-order valence-corrected chi connectivity index (χ3v) is 3.98. The summed E-state index contributed by atoms with van der Waals surface area (Å²) < 4.78 is 1.87. The number of thioether (sulfide) groups is 1. The predicted octanol–water partition coefficient (Wildman–Crippen LogP) is 1.63. The Morgan fingerprint density at radius 1 is 1.41 bits per heavy atom. The third kappa shape index (κ3) is 5.20. The first-order valence-corrected chi connectivity index (χ1v) is 8.66. The molecule has 1 unspecified atom stereocenters. The van der Waals surface area contributed by atoms with Gasteiger partial charge in [-0.2, -0.15) is 16.9 Å². The largest absolute Gasteiger partial charge is 0.351 e. The third-order valence-electron chi connectivity index (χ3n) is 3.33. The van der Waals surface area contributed by atoms with Crippen LogP contribution in [-0.2, 0) is 17.9 Å². The molecule has 0 aliphatic carbocycles. The molecule has 0 spiro atoms. The van der Waals surface area contributed by atoms with Gasteiger partial charge < -0.3 is 11.1 Å². The van der Waals surface area contributed by atoms with Gasteiger partial charge in [-0.15, -0.1) is 0 Å². The van der Waals surface area contributed by atoms with Gasteiger partial charge >= 0.3 is 0 Å². The highest BCUT2D eigenvalue weighted by molar-refractivity contribution is 7.98. The summed E-state index contributed by atoms with van der Waals surface area (Å²) in [4.78, 5) is 11.9. The summed E-state index contributed by atoms with van der Waals surface area (Å²) in [7, 11) is 0. The van der Waals surface area contributed by atoms with Crippen LogP contribution in [0.25, 0.3) is 0 Å². The Morgan fingerprint density at radius 2 is 2.23 bits per heavy atom. The first kappa shape index (κ1) is 16.6. The van der Waals surface area contributed by atoms with Crippen molar-refractivity contribution in [2.75, 3.05) is 12.0 Å². The second-order valence-corrected chi connectivity index (χ2v) is 6.11. The van der Waals surface area contributed by atoms with Crippen molar-refractivity contribution in [3.05, 3.63) is 53.9 Å². The fourth-order valence-electron chi connectivity index (χ4n) is 2.12. The van der Waals surface area contributed by atoms with E-state index in [9.17, 15) is 4.79 Å². The molecule has 0 bridgehead atoms. The molecule has 1 amide bonds. The van der Waals surface area contributed by atoms with Crippen LogP contribution in [0, 0.1) is 0 Å². The fraction of sp³-hybridized carbons (Fsp3) is 0.375. The Morgan fingerprint density at radius 3 is 2.95 bits per heavy atom. The van der Waals surface area contributed by atoms with E-state index in [1.807, 2.05) is 35.3 Å². The minimum absolute atomic E-state index is 0.0912. The number of carbonyl (C=O) groups is 1. The van der Waals surface area contributed by atoms with Crippen molar-refractivity contribution in [3.8, 4) is 0 Å². The van der Waals surface area contributed by atoms with E-state index in [1.54, 1.807) is 18.0 Å². The highest BCUT2D eigenvalue weighted by Gasteiger charge is 2.12. The predicted molar refractivity (Wildman–Crippen MR) is 90.6 cm³/mol. The molecule has 0 saturated carbocycles. The van der Waals surface area contributed by atoms with Gasteiger partial charge in [0, 0.05) is 18.9 Å². The van der Waals surface area contributed by atoms with E-state index in [2.05, 4.69) is 22.5 Å². The second kappa shape index (κ2) is 8.60. The van der Waals surface area contributed by atoms with Crippen LogP contribution in [0.5, 0.6) is 0 Å². The van der Waals surface area contributed by atoms with E-state index in [-0.39, 0.29) is 5.91 Å². The fourth-order valence-corrected chi connectivity index (χ4v) is 2.60. The molecular formula is C16H22N4OS. The van der Waals surface area contributed by atoms with Gasteiger partial charge in [0.1, 0.15) is 0 Å². The second-order valence-electron chi connectivity index (χ2n) is 5.13. The van der Waals surface area contributed by atoms with Gasteiger partial charge in [-0.3, -0.25) is 9.48 Å². The zero-order valence-corrected chi connectivity index (χ0v) is 13.6. The van der Waals surface area contributed by atoms with Gasteiger partial charge in [0.15, 0.2) is 0 Å². The zero-order valence-electron chi connectivity index (χ0n) is 12.7. The molecular weight excluding hydrogens is 296 g/mol. The van der Waals surface area contributed by atoms with Crippen LogP contribution in [0.2, 0.25) is 0 Å². The minimum Gasteiger partial charge on any atom is -0.351 e. The summed E-state index contributed by atoms with van der Waals surface area (Å²) in [5, 5.41) is 7.09. The van der Waals surface area contributed by atoms with Crippen molar-refractivity contribution >= 4 is 17.7 Å². The van der Waals surface area contributed by atoms with Crippen LogP contribution >= 0.6 is 11.8 Å². The standard InChI is InChI=1S/C16H22N4OS/c1-22-9-6-15(17)16(21)18-11-13-4-2-5-14(10-13)12-20-8-3-7-19-20/h2-5,7-8,10,15H,6,9,11-12,17H2,1H3,(H,18,21). The average Bonchev–Trinajstić information content (AvgIpc) is 3.03. The Hall–Kier alpha value is -1.79. The highest BCUT2D eigenvalue weighted by Crippen LogP contribution is 2.07. The number of nitrogens with zero attached hydrogens (tertiary/aromatic N) is 2. The van der Waals surface area contributed by atoms with Gasteiger partial charge in [0.05, 0.1) is 12.6 Å². The molecule has 0 aliphatic heterocycles. The van der Waals surface area contributed by atoms with E-state index in [4.69, 9.17) is 5.73 Å². The molecule has 0 saturated heterocycles. The summed E-state index contributed by atoms with van der Waals surface area (Å²) in [5.74, 6) is 0.806. The number of carbonyl (C=O) groups excluding carboxylic acids is 1. The van der Waals surface area contributed by atoms with Gasteiger partial charge in [-0.1, -0.05) is 24.3 Å². The molecule has 1 aromatic heterocycles. The molecule has 6 heteroatoms. The summed E-state index contributed by atoms with van der Waals surface area (Å²) in [5.41, 5.74) is 8.07. The Labute approximate surface area is 135 Å². The number of benzene rings is 1.